The van der Waals surface area contributed by atoms with Crippen molar-refractivity contribution in [3.63, 3.8) is 0 Å². The highest BCUT2D eigenvalue weighted by atomic mass is 35.5. The predicted octanol–water partition coefficient (Wildman–Crippen LogP) is 4.16. The van der Waals surface area contributed by atoms with Crippen LogP contribution in [0.5, 0.6) is 0 Å². The molecule has 7 heteroatoms. The molecule has 2 aromatic carbocycles. The normalized spacial score (nSPS) is 10.6. The molecule has 0 saturated carbocycles. The maximum atomic E-state index is 12.3. The van der Waals surface area contributed by atoms with E-state index in [-0.39, 0.29) is 12.1 Å². The molecule has 0 aliphatic carbocycles. The van der Waals surface area contributed by atoms with Crippen molar-refractivity contribution < 1.29 is 4.79 Å². The summed E-state index contributed by atoms with van der Waals surface area (Å²) in [6, 6.07) is 15.5. The number of aromatic nitrogens is 2. The fraction of sp³-hybridized carbons (Fsp3) is 0.105. The number of amides is 1. The van der Waals surface area contributed by atoms with E-state index in [0.717, 1.165) is 15.8 Å². The molecule has 26 heavy (non-hydrogen) atoms. The van der Waals surface area contributed by atoms with Gasteiger partial charge in [0.25, 0.3) is 5.56 Å². The van der Waals surface area contributed by atoms with Crippen LogP contribution in [0.3, 0.4) is 0 Å². The highest BCUT2D eigenvalue weighted by molar-refractivity contribution is 6.35. The van der Waals surface area contributed by atoms with E-state index in [4.69, 9.17) is 23.2 Å². The van der Waals surface area contributed by atoms with Gasteiger partial charge in [-0.15, -0.1) is 0 Å². The molecular formula is C19H15Cl2N3O2. The van der Waals surface area contributed by atoms with E-state index in [1.54, 1.807) is 24.3 Å². The second kappa shape index (κ2) is 7.72. The van der Waals surface area contributed by atoms with Crippen molar-refractivity contribution in [1.29, 1.82) is 0 Å². The molecule has 0 unspecified atom stereocenters. The van der Waals surface area contributed by atoms with E-state index in [0.29, 0.717) is 21.4 Å². The lowest BCUT2D eigenvalue weighted by Gasteiger charge is -2.10. The van der Waals surface area contributed by atoms with Crippen molar-refractivity contribution in [2.45, 2.75) is 13.5 Å². The molecule has 0 fully saturated rings. The standard InChI is InChI=1S/C19H15Cl2N3O2/c1-12-4-2-3-5-14(12)16-8-9-19(26)24(23-16)11-18(25)22-17-10-13(20)6-7-15(17)21/h2-10H,11H2,1H3,(H,22,25). The molecule has 1 amide bonds. The molecule has 3 rings (SSSR count). The number of carbonyl (C=O) groups excluding carboxylic acids is 1. The number of carbonyl (C=O) groups is 1. The first-order valence-electron chi connectivity index (χ1n) is 7.83. The minimum Gasteiger partial charge on any atom is -0.323 e. The Bertz CT molecular complexity index is 1030. The Morgan fingerprint density at radius 2 is 1.88 bits per heavy atom. The molecule has 1 heterocycles. The van der Waals surface area contributed by atoms with Gasteiger partial charge in [-0.2, -0.15) is 5.10 Å². The summed E-state index contributed by atoms with van der Waals surface area (Å²) in [5.74, 6) is -0.425. The number of hydrogen-bond acceptors (Lipinski definition) is 3. The second-order valence-corrected chi connectivity index (χ2v) is 6.55. The summed E-state index contributed by atoms with van der Waals surface area (Å²) in [6.45, 7) is 1.72. The molecule has 0 radical (unpaired) electrons. The molecule has 0 spiro atoms. The fourth-order valence-corrected chi connectivity index (χ4v) is 2.82. The van der Waals surface area contributed by atoms with Gasteiger partial charge in [0.15, 0.2) is 0 Å². The van der Waals surface area contributed by atoms with Gasteiger partial charge in [-0.05, 0) is 36.8 Å². The van der Waals surface area contributed by atoms with Gasteiger partial charge in [-0.1, -0.05) is 47.5 Å². The SMILES string of the molecule is Cc1ccccc1-c1ccc(=O)n(CC(=O)Nc2cc(Cl)ccc2Cl)n1. The molecule has 1 N–H and O–H groups in total. The molecule has 0 saturated heterocycles. The molecule has 1 aromatic heterocycles. The van der Waals surface area contributed by atoms with Crippen LogP contribution in [0.15, 0.2) is 59.4 Å². The largest absolute Gasteiger partial charge is 0.323 e. The summed E-state index contributed by atoms with van der Waals surface area (Å²) in [5.41, 5.74) is 2.57. The van der Waals surface area contributed by atoms with E-state index in [2.05, 4.69) is 10.4 Å². The van der Waals surface area contributed by atoms with E-state index in [1.165, 1.54) is 6.07 Å². The van der Waals surface area contributed by atoms with E-state index in [1.807, 2.05) is 31.2 Å². The Morgan fingerprint density at radius 1 is 1.12 bits per heavy atom. The third kappa shape index (κ3) is 4.12. The molecular weight excluding hydrogens is 373 g/mol. The van der Waals surface area contributed by atoms with Gasteiger partial charge in [-0.25, -0.2) is 4.68 Å². The minimum absolute atomic E-state index is 0.235. The van der Waals surface area contributed by atoms with Crippen LogP contribution in [0, 0.1) is 6.92 Å². The van der Waals surface area contributed by atoms with Crippen LogP contribution in [0.2, 0.25) is 10.0 Å². The Kier molecular flexibility index (Phi) is 5.40. The third-order valence-electron chi connectivity index (χ3n) is 3.78. The number of halogens is 2. The van der Waals surface area contributed by atoms with Crippen LogP contribution in [-0.4, -0.2) is 15.7 Å². The Hall–Kier alpha value is -2.63. The number of hydrogen-bond donors (Lipinski definition) is 1. The average Bonchev–Trinajstić information content (AvgIpc) is 2.61. The van der Waals surface area contributed by atoms with E-state index >= 15 is 0 Å². The van der Waals surface area contributed by atoms with Crippen molar-refractivity contribution in [3.05, 3.63) is 80.6 Å². The highest BCUT2D eigenvalue weighted by Crippen LogP contribution is 2.25. The number of nitrogens with one attached hydrogen (secondary N) is 1. The van der Waals surface area contributed by atoms with Crippen molar-refractivity contribution in [3.8, 4) is 11.3 Å². The number of aryl methyl sites for hydroxylation is 1. The Balaban J connectivity index is 1.84. The number of anilines is 1. The maximum absolute atomic E-state index is 12.3. The molecule has 5 nitrogen and oxygen atoms in total. The number of nitrogens with zero attached hydrogens (tertiary/aromatic N) is 2. The first-order chi connectivity index (χ1) is 12.4. The van der Waals surface area contributed by atoms with Gasteiger partial charge < -0.3 is 5.32 Å². The molecule has 0 aliphatic heterocycles. The summed E-state index contributed by atoms with van der Waals surface area (Å²) >= 11 is 12.0. The van der Waals surface area contributed by atoms with Crippen LogP contribution in [-0.2, 0) is 11.3 Å². The zero-order chi connectivity index (χ0) is 18.7. The first-order valence-corrected chi connectivity index (χ1v) is 8.59. The Labute approximate surface area is 160 Å². The first kappa shape index (κ1) is 18.2. The zero-order valence-corrected chi connectivity index (χ0v) is 15.4. The second-order valence-electron chi connectivity index (χ2n) is 5.70. The van der Waals surface area contributed by atoms with E-state index < -0.39 is 5.91 Å². The number of benzene rings is 2. The summed E-state index contributed by atoms with van der Waals surface area (Å²) in [7, 11) is 0. The molecule has 3 aromatic rings. The van der Waals surface area contributed by atoms with Crippen LogP contribution in [0.25, 0.3) is 11.3 Å². The molecule has 0 bridgehead atoms. The smallest absolute Gasteiger partial charge is 0.267 e. The number of rotatable bonds is 4. The van der Waals surface area contributed by atoms with Crippen LogP contribution in [0.1, 0.15) is 5.56 Å². The van der Waals surface area contributed by atoms with E-state index in [9.17, 15) is 9.59 Å². The fourth-order valence-electron chi connectivity index (χ4n) is 2.49. The summed E-state index contributed by atoms with van der Waals surface area (Å²) in [5, 5.41) is 7.76. The molecule has 132 valence electrons. The van der Waals surface area contributed by atoms with Gasteiger partial charge in [0, 0.05) is 16.7 Å². The van der Waals surface area contributed by atoms with Gasteiger partial charge in [0.1, 0.15) is 6.54 Å². The summed E-state index contributed by atoms with van der Waals surface area (Å²) in [4.78, 5) is 24.4. The van der Waals surface area contributed by atoms with Crippen LogP contribution < -0.4 is 10.9 Å². The van der Waals surface area contributed by atoms with Gasteiger partial charge in [-0.3, -0.25) is 9.59 Å². The van der Waals surface area contributed by atoms with Crippen LogP contribution >= 0.6 is 23.2 Å². The lowest BCUT2D eigenvalue weighted by molar-refractivity contribution is -0.117. The maximum Gasteiger partial charge on any atom is 0.267 e. The minimum atomic E-state index is -0.425. The quantitative estimate of drug-likeness (QED) is 0.730. The summed E-state index contributed by atoms with van der Waals surface area (Å²) < 4.78 is 1.12. The average molecular weight is 388 g/mol. The monoisotopic (exact) mass is 387 g/mol. The van der Waals surface area contributed by atoms with Gasteiger partial charge >= 0.3 is 0 Å². The zero-order valence-electron chi connectivity index (χ0n) is 13.9. The van der Waals surface area contributed by atoms with Crippen LogP contribution in [0.4, 0.5) is 5.69 Å². The third-order valence-corrected chi connectivity index (χ3v) is 4.35. The lowest BCUT2D eigenvalue weighted by Crippen LogP contribution is -2.29. The Morgan fingerprint density at radius 3 is 2.65 bits per heavy atom. The molecule has 0 aliphatic rings. The van der Waals surface area contributed by atoms with Crippen molar-refractivity contribution in [2.75, 3.05) is 5.32 Å². The van der Waals surface area contributed by atoms with Crippen molar-refractivity contribution in [1.82, 2.24) is 9.78 Å². The van der Waals surface area contributed by atoms with Crippen molar-refractivity contribution >= 4 is 34.8 Å². The predicted molar refractivity (Wildman–Crippen MR) is 104 cm³/mol. The summed E-state index contributed by atoms with van der Waals surface area (Å²) in [6.07, 6.45) is 0. The van der Waals surface area contributed by atoms with Gasteiger partial charge in [0.05, 0.1) is 16.4 Å². The highest BCUT2D eigenvalue weighted by Gasteiger charge is 2.11. The topological polar surface area (TPSA) is 64.0 Å². The van der Waals surface area contributed by atoms with Crippen molar-refractivity contribution in [2.24, 2.45) is 0 Å². The van der Waals surface area contributed by atoms with Gasteiger partial charge in [0.2, 0.25) is 5.91 Å². The molecule has 0 atom stereocenters. The lowest BCUT2D eigenvalue weighted by atomic mass is 10.1.